The molecule has 1 aromatic heterocycles. The maximum atomic E-state index is 11.4. The number of anilines is 1. The zero-order valence-corrected chi connectivity index (χ0v) is 16.4. The molecule has 0 spiro atoms. The van der Waals surface area contributed by atoms with E-state index in [4.69, 9.17) is 12.2 Å². The molecular formula is C17H19N3O2S3. The van der Waals surface area contributed by atoms with Crippen LogP contribution >= 0.6 is 23.6 Å². The number of thiazole rings is 1. The first kappa shape index (κ1) is 18.0. The second kappa shape index (κ2) is 7.23. The number of aromatic nitrogens is 1. The molecule has 1 aliphatic heterocycles. The minimum atomic E-state index is -3.01. The van der Waals surface area contributed by atoms with Crippen LogP contribution in [0.1, 0.15) is 25.3 Å². The van der Waals surface area contributed by atoms with Crippen molar-refractivity contribution in [2.24, 2.45) is 0 Å². The normalized spacial score (nSPS) is 15.9. The van der Waals surface area contributed by atoms with Gasteiger partial charge in [0.05, 0.1) is 17.2 Å². The van der Waals surface area contributed by atoms with Crippen LogP contribution in [-0.4, -0.2) is 30.0 Å². The zero-order valence-electron chi connectivity index (χ0n) is 13.9. The Hall–Kier alpha value is -1.77. The van der Waals surface area contributed by atoms with Crippen LogP contribution in [0.2, 0.25) is 0 Å². The Bertz CT molecular complexity index is 913. The molecule has 1 aliphatic rings. The number of sulfone groups is 1. The summed E-state index contributed by atoms with van der Waals surface area (Å²) in [5, 5.41) is 8.91. The molecule has 3 rings (SSSR count). The van der Waals surface area contributed by atoms with Crippen molar-refractivity contribution in [1.29, 1.82) is 0 Å². The monoisotopic (exact) mass is 393 g/mol. The van der Waals surface area contributed by atoms with Crippen LogP contribution in [0, 0.1) is 0 Å². The summed E-state index contributed by atoms with van der Waals surface area (Å²) in [6, 6.07) is 8.37. The van der Waals surface area contributed by atoms with Gasteiger partial charge in [0.2, 0.25) is 0 Å². The number of hydrogen-bond donors (Lipinski definition) is 2. The highest BCUT2D eigenvalue weighted by molar-refractivity contribution is 7.92. The van der Waals surface area contributed by atoms with E-state index in [1.807, 2.05) is 5.38 Å². The Kier molecular flexibility index (Phi) is 5.21. The van der Waals surface area contributed by atoms with Gasteiger partial charge < -0.3 is 10.6 Å². The Morgan fingerprint density at radius 2 is 1.96 bits per heavy atom. The van der Waals surface area contributed by atoms with Gasteiger partial charge in [-0.1, -0.05) is 38.1 Å². The second-order valence-electron chi connectivity index (χ2n) is 6.18. The van der Waals surface area contributed by atoms with E-state index in [-0.39, 0.29) is 11.5 Å². The fourth-order valence-electron chi connectivity index (χ4n) is 2.45. The van der Waals surface area contributed by atoms with E-state index in [1.165, 1.54) is 16.9 Å². The van der Waals surface area contributed by atoms with Gasteiger partial charge in [0.25, 0.3) is 0 Å². The first-order chi connectivity index (χ1) is 11.8. The number of benzene rings is 1. The van der Waals surface area contributed by atoms with Gasteiger partial charge in [-0.2, -0.15) is 0 Å². The Morgan fingerprint density at radius 3 is 2.56 bits per heavy atom. The van der Waals surface area contributed by atoms with Crippen LogP contribution in [0.5, 0.6) is 0 Å². The molecule has 2 heterocycles. The number of thiocarbonyl (C=S) groups is 1. The highest BCUT2D eigenvalue weighted by Gasteiger charge is 2.20. The van der Waals surface area contributed by atoms with Gasteiger partial charge in [0.1, 0.15) is 0 Å². The third kappa shape index (κ3) is 4.65. The lowest BCUT2D eigenvalue weighted by molar-refractivity contribution is 0.602. The van der Waals surface area contributed by atoms with Gasteiger partial charge in [-0.3, -0.25) is 0 Å². The molecule has 25 heavy (non-hydrogen) atoms. The lowest BCUT2D eigenvalue weighted by Gasteiger charge is -2.08. The summed E-state index contributed by atoms with van der Waals surface area (Å²) in [7, 11) is -3.01. The highest BCUT2D eigenvalue weighted by atomic mass is 32.2. The largest absolute Gasteiger partial charge is 0.335 e. The van der Waals surface area contributed by atoms with Crippen molar-refractivity contribution in [3.63, 3.8) is 0 Å². The minimum Gasteiger partial charge on any atom is -0.335 e. The van der Waals surface area contributed by atoms with Gasteiger partial charge in [-0.15, -0.1) is 11.3 Å². The molecule has 2 N–H and O–H groups in total. The van der Waals surface area contributed by atoms with Crippen LogP contribution in [-0.2, 0) is 9.84 Å². The summed E-state index contributed by atoms with van der Waals surface area (Å²) in [4.78, 5) is 4.54. The fourth-order valence-corrected chi connectivity index (χ4v) is 4.70. The van der Waals surface area contributed by atoms with Gasteiger partial charge in [-0.25, -0.2) is 13.4 Å². The molecule has 0 amide bonds. The van der Waals surface area contributed by atoms with Crippen molar-refractivity contribution in [3.8, 4) is 11.3 Å². The van der Waals surface area contributed by atoms with Crippen molar-refractivity contribution in [3.05, 3.63) is 47.0 Å². The van der Waals surface area contributed by atoms with Crippen molar-refractivity contribution in [2.75, 3.05) is 16.8 Å². The predicted octanol–water partition coefficient (Wildman–Crippen LogP) is 3.53. The van der Waals surface area contributed by atoms with Crippen molar-refractivity contribution in [2.45, 2.75) is 19.8 Å². The molecule has 0 saturated carbocycles. The molecule has 0 fully saturated rings. The predicted molar refractivity (Wildman–Crippen MR) is 108 cm³/mol. The minimum absolute atomic E-state index is 0.000138. The van der Waals surface area contributed by atoms with Crippen LogP contribution in [0.3, 0.4) is 0 Å². The third-order valence-corrected chi connectivity index (χ3v) is 6.22. The average Bonchev–Trinajstić information content (AvgIpc) is 3.13. The number of rotatable bonds is 4. The Balaban J connectivity index is 1.62. The Morgan fingerprint density at radius 1 is 1.24 bits per heavy atom. The number of nitrogens with one attached hydrogen (secondary N) is 2. The topological polar surface area (TPSA) is 71.1 Å². The summed E-state index contributed by atoms with van der Waals surface area (Å²) >= 11 is 6.68. The SMILES string of the molecule is CC(C)c1ccc(-c2csc(NC(=S)NC3=CCS(=O)(=O)C3)n2)cc1. The van der Waals surface area contributed by atoms with Crippen LogP contribution < -0.4 is 10.6 Å². The van der Waals surface area contributed by atoms with Gasteiger partial charge in [0, 0.05) is 16.6 Å². The van der Waals surface area contributed by atoms with E-state index in [0.29, 0.717) is 21.9 Å². The maximum Gasteiger partial charge on any atom is 0.189 e. The van der Waals surface area contributed by atoms with E-state index >= 15 is 0 Å². The van der Waals surface area contributed by atoms with E-state index in [9.17, 15) is 8.42 Å². The molecule has 0 radical (unpaired) electrons. The van der Waals surface area contributed by atoms with Gasteiger partial charge in [-0.05, 0) is 29.8 Å². The number of hydrogen-bond acceptors (Lipinski definition) is 5. The molecule has 2 aromatic rings. The van der Waals surface area contributed by atoms with Crippen molar-refractivity contribution in [1.82, 2.24) is 10.3 Å². The maximum absolute atomic E-state index is 11.4. The average molecular weight is 394 g/mol. The molecule has 0 aliphatic carbocycles. The zero-order chi connectivity index (χ0) is 18.0. The summed E-state index contributed by atoms with van der Waals surface area (Å²) < 4.78 is 22.9. The van der Waals surface area contributed by atoms with E-state index in [2.05, 4.69) is 53.7 Å². The molecule has 1 aromatic carbocycles. The van der Waals surface area contributed by atoms with E-state index < -0.39 is 9.84 Å². The quantitative estimate of drug-likeness (QED) is 0.775. The summed E-state index contributed by atoms with van der Waals surface area (Å²) in [5.74, 6) is 0.560. The van der Waals surface area contributed by atoms with Crippen molar-refractivity contribution < 1.29 is 8.42 Å². The molecule has 0 bridgehead atoms. The van der Waals surface area contributed by atoms with Gasteiger partial charge >= 0.3 is 0 Å². The standard InChI is InChI=1S/C17H19N3O2S3/c1-11(2)12-3-5-13(6-4-12)15-9-24-17(19-15)20-16(23)18-14-7-8-25(21,22)10-14/h3-7,9,11H,8,10H2,1-2H3,(H2,18,19,20,23). The highest BCUT2D eigenvalue weighted by Crippen LogP contribution is 2.26. The molecule has 0 atom stereocenters. The summed E-state index contributed by atoms with van der Waals surface area (Å²) in [6.45, 7) is 4.33. The molecular weight excluding hydrogens is 374 g/mol. The fraction of sp³-hybridized carbons (Fsp3) is 0.294. The van der Waals surface area contributed by atoms with Crippen LogP contribution in [0.15, 0.2) is 41.4 Å². The summed E-state index contributed by atoms with van der Waals surface area (Å²) in [5.41, 5.74) is 3.84. The van der Waals surface area contributed by atoms with Crippen LogP contribution in [0.25, 0.3) is 11.3 Å². The molecule has 132 valence electrons. The first-order valence-electron chi connectivity index (χ1n) is 7.86. The Labute approximate surface area is 157 Å². The second-order valence-corrected chi connectivity index (χ2v) is 9.55. The lowest BCUT2D eigenvalue weighted by Crippen LogP contribution is -2.28. The molecule has 5 nitrogen and oxygen atoms in total. The molecule has 0 unspecified atom stereocenters. The van der Waals surface area contributed by atoms with E-state index in [1.54, 1.807) is 6.08 Å². The number of nitrogens with zero attached hydrogens (tertiary/aromatic N) is 1. The van der Waals surface area contributed by atoms with Gasteiger partial charge in [0.15, 0.2) is 20.1 Å². The third-order valence-electron chi connectivity index (χ3n) is 3.83. The first-order valence-corrected chi connectivity index (χ1v) is 11.0. The van der Waals surface area contributed by atoms with E-state index in [0.717, 1.165) is 11.3 Å². The summed E-state index contributed by atoms with van der Waals surface area (Å²) in [6.07, 6.45) is 1.65. The van der Waals surface area contributed by atoms with Crippen LogP contribution in [0.4, 0.5) is 5.13 Å². The molecule has 8 heteroatoms. The van der Waals surface area contributed by atoms with Crippen molar-refractivity contribution >= 4 is 43.6 Å². The molecule has 0 saturated heterocycles. The smallest absolute Gasteiger partial charge is 0.189 e. The lowest BCUT2D eigenvalue weighted by atomic mass is 10.0.